The van der Waals surface area contributed by atoms with Crippen molar-refractivity contribution in [1.29, 1.82) is 0 Å². The van der Waals surface area contributed by atoms with Crippen LogP contribution in [0.15, 0.2) is 0 Å². The van der Waals surface area contributed by atoms with Crippen LogP contribution in [0.2, 0.25) is 0 Å². The van der Waals surface area contributed by atoms with Gasteiger partial charge >= 0.3 is 5.97 Å². The summed E-state index contributed by atoms with van der Waals surface area (Å²) in [5.41, 5.74) is 0. The number of carbonyl (C=O) groups is 2. The molecule has 0 spiro atoms. The second-order valence-corrected chi connectivity index (χ2v) is 3.35. The highest BCUT2D eigenvalue weighted by Gasteiger charge is 2.16. The summed E-state index contributed by atoms with van der Waals surface area (Å²) >= 11 is 0. The first-order valence-corrected chi connectivity index (χ1v) is 4.77. The van der Waals surface area contributed by atoms with Crippen molar-refractivity contribution in [2.75, 3.05) is 13.2 Å². The van der Waals surface area contributed by atoms with Gasteiger partial charge in [-0.3, -0.25) is 9.59 Å². The van der Waals surface area contributed by atoms with Gasteiger partial charge in [-0.2, -0.15) is 0 Å². The van der Waals surface area contributed by atoms with Gasteiger partial charge in [0, 0.05) is 25.7 Å². The van der Waals surface area contributed by atoms with E-state index in [0.717, 1.165) is 12.8 Å². The summed E-state index contributed by atoms with van der Waals surface area (Å²) in [5, 5.41) is 11.2. The van der Waals surface area contributed by atoms with Gasteiger partial charge < -0.3 is 15.2 Å². The van der Waals surface area contributed by atoms with Crippen LogP contribution in [0.1, 0.15) is 25.7 Å². The Morgan fingerprint density at radius 2 is 1.93 bits per heavy atom. The standard InChI is InChI=1S/C9H15NO4/c11-8(1-2-9(12)13)10-7-3-5-14-6-4-7/h7H,1-6H2,(H,10,11)(H,12,13). The van der Waals surface area contributed by atoms with Gasteiger partial charge in [0.25, 0.3) is 0 Å². The summed E-state index contributed by atoms with van der Waals surface area (Å²) in [4.78, 5) is 21.4. The van der Waals surface area contributed by atoms with E-state index in [1.807, 2.05) is 0 Å². The lowest BCUT2D eigenvalue weighted by Crippen LogP contribution is -2.38. The summed E-state index contributed by atoms with van der Waals surface area (Å²) in [7, 11) is 0. The first kappa shape index (κ1) is 11.0. The molecule has 2 N–H and O–H groups in total. The molecule has 1 heterocycles. The van der Waals surface area contributed by atoms with E-state index in [2.05, 4.69) is 5.32 Å². The van der Waals surface area contributed by atoms with Gasteiger partial charge in [-0.15, -0.1) is 0 Å². The fraction of sp³-hybridized carbons (Fsp3) is 0.778. The molecular formula is C9H15NO4. The predicted molar refractivity (Wildman–Crippen MR) is 48.9 cm³/mol. The normalized spacial score (nSPS) is 17.7. The molecule has 80 valence electrons. The highest BCUT2D eigenvalue weighted by Crippen LogP contribution is 2.06. The molecule has 5 nitrogen and oxygen atoms in total. The van der Waals surface area contributed by atoms with E-state index in [1.165, 1.54) is 0 Å². The molecule has 0 aromatic carbocycles. The van der Waals surface area contributed by atoms with Crippen molar-refractivity contribution in [3.05, 3.63) is 0 Å². The van der Waals surface area contributed by atoms with Crippen LogP contribution in [0.3, 0.4) is 0 Å². The minimum absolute atomic E-state index is 0.0622. The fourth-order valence-corrected chi connectivity index (χ4v) is 1.36. The third-order valence-corrected chi connectivity index (χ3v) is 2.15. The van der Waals surface area contributed by atoms with Crippen molar-refractivity contribution in [3.63, 3.8) is 0 Å². The fourth-order valence-electron chi connectivity index (χ4n) is 1.36. The lowest BCUT2D eigenvalue weighted by atomic mass is 10.1. The Balaban J connectivity index is 2.15. The minimum Gasteiger partial charge on any atom is -0.481 e. The number of nitrogens with one attached hydrogen (secondary N) is 1. The van der Waals surface area contributed by atoms with Crippen molar-refractivity contribution in [2.24, 2.45) is 0 Å². The van der Waals surface area contributed by atoms with Gasteiger partial charge in [-0.1, -0.05) is 0 Å². The maximum Gasteiger partial charge on any atom is 0.303 e. The molecule has 0 unspecified atom stereocenters. The Kier molecular flexibility index (Phi) is 4.39. The number of carbonyl (C=O) groups excluding carboxylic acids is 1. The molecule has 0 atom stereocenters. The largest absolute Gasteiger partial charge is 0.481 e. The van der Waals surface area contributed by atoms with Crippen molar-refractivity contribution in [3.8, 4) is 0 Å². The smallest absolute Gasteiger partial charge is 0.303 e. The Hall–Kier alpha value is -1.10. The van der Waals surface area contributed by atoms with Crippen LogP contribution in [0.25, 0.3) is 0 Å². The maximum absolute atomic E-state index is 11.2. The van der Waals surface area contributed by atoms with E-state index in [-0.39, 0.29) is 24.8 Å². The van der Waals surface area contributed by atoms with Crippen LogP contribution in [0.5, 0.6) is 0 Å². The molecule has 14 heavy (non-hydrogen) atoms. The molecule has 0 aromatic rings. The molecule has 1 aliphatic heterocycles. The van der Waals surface area contributed by atoms with Crippen LogP contribution >= 0.6 is 0 Å². The zero-order valence-corrected chi connectivity index (χ0v) is 7.99. The summed E-state index contributed by atoms with van der Waals surface area (Å²) in [6.45, 7) is 1.34. The first-order valence-electron chi connectivity index (χ1n) is 4.77. The first-order chi connectivity index (χ1) is 6.68. The second kappa shape index (κ2) is 5.59. The summed E-state index contributed by atoms with van der Waals surface area (Å²) in [6, 6.07) is 0.157. The van der Waals surface area contributed by atoms with Crippen molar-refractivity contribution >= 4 is 11.9 Å². The van der Waals surface area contributed by atoms with Gasteiger partial charge in [-0.25, -0.2) is 0 Å². The summed E-state index contributed by atoms with van der Waals surface area (Å²) < 4.78 is 5.13. The summed E-state index contributed by atoms with van der Waals surface area (Å²) in [6.07, 6.45) is 1.60. The molecule has 0 aromatic heterocycles. The SMILES string of the molecule is O=C(O)CCC(=O)NC1CCOCC1. The number of ether oxygens (including phenoxy) is 1. The Morgan fingerprint density at radius 1 is 1.29 bits per heavy atom. The van der Waals surface area contributed by atoms with Crippen LogP contribution < -0.4 is 5.32 Å². The van der Waals surface area contributed by atoms with E-state index in [4.69, 9.17) is 9.84 Å². The number of rotatable bonds is 4. The second-order valence-electron chi connectivity index (χ2n) is 3.35. The molecular weight excluding hydrogens is 186 g/mol. The molecule has 5 heteroatoms. The molecule has 0 aliphatic carbocycles. The monoisotopic (exact) mass is 201 g/mol. The molecule has 1 aliphatic rings. The average Bonchev–Trinajstić information content (AvgIpc) is 2.16. The average molecular weight is 201 g/mol. The zero-order chi connectivity index (χ0) is 10.4. The Morgan fingerprint density at radius 3 is 2.50 bits per heavy atom. The van der Waals surface area contributed by atoms with Crippen molar-refractivity contribution in [2.45, 2.75) is 31.7 Å². The van der Waals surface area contributed by atoms with E-state index < -0.39 is 5.97 Å². The molecule has 1 amide bonds. The molecule has 0 radical (unpaired) electrons. The lowest BCUT2D eigenvalue weighted by molar-refractivity contribution is -0.139. The van der Waals surface area contributed by atoms with Crippen molar-refractivity contribution in [1.82, 2.24) is 5.32 Å². The van der Waals surface area contributed by atoms with Gasteiger partial charge in [0.15, 0.2) is 0 Å². The van der Waals surface area contributed by atoms with Gasteiger partial charge in [0.05, 0.1) is 6.42 Å². The lowest BCUT2D eigenvalue weighted by Gasteiger charge is -2.22. The van der Waals surface area contributed by atoms with Gasteiger partial charge in [-0.05, 0) is 12.8 Å². The number of hydrogen-bond acceptors (Lipinski definition) is 3. The Bertz CT molecular complexity index is 211. The zero-order valence-electron chi connectivity index (χ0n) is 7.99. The van der Waals surface area contributed by atoms with Gasteiger partial charge in [0.1, 0.15) is 0 Å². The van der Waals surface area contributed by atoms with Crippen molar-refractivity contribution < 1.29 is 19.4 Å². The maximum atomic E-state index is 11.2. The number of amides is 1. The Labute approximate surface area is 82.4 Å². The number of aliphatic carboxylic acids is 1. The van der Waals surface area contributed by atoms with Crippen LogP contribution in [-0.2, 0) is 14.3 Å². The highest BCUT2D eigenvalue weighted by molar-refractivity contribution is 5.80. The number of hydrogen-bond donors (Lipinski definition) is 2. The quantitative estimate of drug-likeness (QED) is 0.678. The molecule has 1 saturated heterocycles. The molecule has 0 bridgehead atoms. The van der Waals surface area contributed by atoms with E-state index in [9.17, 15) is 9.59 Å². The van der Waals surface area contributed by atoms with Crippen LogP contribution in [0.4, 0.5) is 0 Å². The molecule has 1 fully saturated rings. The number of carboxylic acid groups (broad SMARTS) is 1. The molecule has 1 rings (SSSR count). The molecule has 0 saturated carbocycles. The summed E-state index contributed by atoms with van der Waals surface area (Å²) in [5.74, 6) is -1.12. The van der Waals surface area contributed by atoms with Crippen LogP contribution in [-0.4, -0.2) is 36.2 Å². The van der Waals surface area contributed by atoms with E-state index in [1.54, 1.807) is 0 Å². The minimum atomic E-state index is -0.938. The predicted octanol–water partition coefficient (Wildman–Crippen LogP) is 0.146. The highest BCUT2D eigenvalue weighted by atomic mass is 16.5. The van der Waals surface area contributed by atoms with E-state index >= 15 is 0 Å². The van der Waals surface area contributed by atoms with E-state index in [0.29, 0.717) is 13.2 Å². The van der Waals surface area contributed by atoms with Gasteiger partial charge in [0.2, 0.25) is 5.91 Å². The topological polar surface area (TPSA) is 75.6 Å². The van der Waals surface area contributed by atoms with Crippen LogP contribution in [0, 0.1) is 0 Å². The number of carboxylic acids is 1. The third kappa shape index (κ3) is 4.23. The third-order valence-electron chi connectivity index (χ3n) is 2.15.